The molecule has 2 rings (SSSR count). The van der Waals surface area contributed by atoms with Crippen molar-refractivity contribution in [3.63, 3.8) is 0 Å². The van der Waals surface area contributed by atoms with Gasteiger partial charge >= 0.3 is 0 Å². The number of carbonyl (C=O) groups is 3. The highest BCUT2D eigenvalue weighted by atomic mass is 16.3. The fourth-order valence-electron chi connectivity index (χ4n) is 4.42. The van der Waals surface area contributed by atoms with Crippen molar-refractivity contribution in [2.75, 3.05) is 20.2 Å². The van der Waals surface area contributed by atoms with Gasteiger partial charge in [-0.3, -0.25) is 14.4 Å². The maximum atomic E-state index is 13.3. The monoisotopic (exact) mass is 379 g/mol. The first kappa shape index (κ1) is 21.4. The summed E-state index contributed by atoms with van der Waals surface area (Å²) in [6.45, 7) is 6.25. The molecule has 5 atom stereocenters. The van der Waals surface area contributed by atoms with Crippen LogP contribution in [-0.2, 0) is 14.4 Å². The van der Waals surface area contributed by atoms with Gasteiger partial charge in [-0.15, -0.1) is 0 Å². The third-order valence-electron chi connectivity index (χ3n) is 5.64. The minimum absolute atomic E-state index is 0.0126. The zero-order chi connectivity index (χ0) is 20.1. The number of aliphatic hydroxyl groups excluding tert-OH is 1. The second-order valence-electron chi connectivity index (χ2n) is 7.77. The molecule has 3 N–H and O–H groups in total. The van der Waals surface area contributed by atoms with Gasteiger partial charge in [-0.05, 0) is 39.0 Å². The van der Waals surface area contributed by atoms with Crippen LogP contribution in [0.2, 0.25) is 0 Å². The van der Waals surface area contributed by atoms with Gasteiger partial charge in [0, 0.05) is 32.2 Å². The number of fused-ring (bicyclic) bond motifs is 1. The van der Waals surface area contributed by atoms with E-state index in [9.17, 15) is 14.4 Å². The second-order valence-corrected chi connectivity index (χ2v) is 7.77. The zero-order valence-corrected chi connectivity index (χ0v) is 16.8. The molecule has 0 radical (unpaired) electrons. The van der Waals surface area contributed by atoms with Crippen LogP contribution in [-0.4, -0.2) is 60.0 Å². The molecular weight excluding hydrogens is 346 g/mol. The number of likely N-dealkylation sites (tertiary alicyclic amines) is 1. The highest BCUT2D eigenvalue weighted by molar-refractivity contribution is 5.96. The Morgan fingerprint density at radius 1 is 1.22 bits per heavy atom. The smallest absolute Gasteiger partial charge is 0.243 e. The fraction of sp³-hybridized carbons (Fsp3) is 0.750. The van der Waals surface area contributed by atoms with Gasteiger partial charge in [0.2, 0.25) is 17.7 Å². The summed E-state index contributed by atoms with van der Waals surface area (Å²) in [7, 11) is 1.59. The van der Waals surface area contributed by atoms with E-state index >= 15 is 0 Å². The standard InChI is InChI=1S/C20H33N3O4/c1-5-13-8-9-14-16(15(13)18(25)21-4)20(27)23(10-6-7-11-24)17(14)19(26)22-12(2)3/h8-9,12-17,24H,5-7,10-11H2,1-4H3,(H,21,25)(H,22,26)/t13-,14+,15-,16-,17+/m1/s1. The van der Waals surface area contributed by atoms with Crippen LogP contribution in [0.3, 0.4) is 0 Å². The number of carbonyl (C=O) groups excluding carboxylic acids is 3. The van der Waals surface area contributed by atoms with E-state index in [4.69, 9.17) is 5.11 Å². The highest BCUT2D eigenvalue weighted by Crippen LogP contribution is 2.44. The van der Waals surface area contributed by atoms with Crippen molar-refractivity contribution in [3.05, 3.63) is 12.2 Å². The van der Waals surface area contributed by atoms with E-state index in [1.54, 1.807) is 11.9 Å². The molecule has 27 heavy (non-hydrogen) atoms. The summed E-state index contributed by atoms with van der Waals surface area (Å²) >= 11 is 0. The molecule has 2 aliphatic rings. The number of rotatable bonds is 8. The Bertz CT molecular complexity index is 590. The van der Waals surface area contributed by atoms with Gasteiger partial charge in [0.25, 0.3) is 0 Å². The molecule has 0 saturated carbocycles. The van der Waals surface area contributed by atoms with Crippen LogP contribution in [0.4, 0.5) is 0 Å². The van der Waals surface area contributed by atoms with Crippen molar-refractivity contribution in [1.29, 1.82) is 0 Å². The molecule has 0 aromatic rings. The summed E-state index contributed by atoms with van der Waals surface area (Å²) in [5.41, 5.74) is 0. The number of nitrogens with one attached hydrogen (secondary N) is 2. The number of hydrogen-bond donors (Lipinski definition) is 3. The first-order valence-corrected chi connectivity index (χ1v) is 9.98. The molecule has 1 aliphatic carbocycles. The third-order valence-corrected chi connectivity index (χ3v) is 5.64. The Kier molecular flexibility index (Phi) is 7.41. The van der Waals surface area contributed by atoms with Crippen molar-refractivity contribution in [1.82, 2.24) is 15.5 Å². The Labute approximate surface area is 161 Å². The maximum absolute atomic E-state index is 13.3. The summed E-state index contributed by atoms with van der Waals surface area (Å²) in [5, 5.41) is 14.7. The van der Waals surface area contributed by atoms with Crippen LogP contribution >= 0.6 is 0 Å². The van der Waals surface area contributed by atoms with Gasteiger partial charge in [-0.2, -0.15) is 0 Å². The van der Waals surface area contributed by atoms with Gasteiger partial charge in [0.15, 0.2) is 0 Å². The van der Waals surface area contributed by atoms with Crippen LogP contribution in [0.25, 0.3) is 0 Å². The number of allylic oxidation sites excluding steroid dienone is 1. The molecule has 3 amide bonds. The lowest BCUT2D eigenvalue weighted by atomic mass is 9.69. The van der Waals surface area contributed by atoms with Gasteiger partial charge in [0.1, 0.15) is 6.04 Å². The minimum Gasteiger partial charge on any atom is -0.396 e. The van der Waals surface area contributed by atoms with Crippen LogP contribution in [0, 0.1) is 23.7 Å². The normalized spacial score (nSPS) is 29.8. The van der Waals surface area contributed by atoms with Gasteiger partial charge in [0.05, 0.1) is 11.8 Å². The SMILES string of the molecule is CC[C@@H]1C=C[C@H]2[C@@H](C(=O)N(CCCCO)[C@@H]2C(=O)NC(C)C)[C@@H]1C(=O)NC. The molecule has 0 bridgehead atoms. The van der Waals surface area contributed by atoms with Crippen molar-refractivity contribution < 1.29 is 19.5 Å². The third kappa shape index (κ3) is 4.34. The van der Waals surface area contributed by atoms with E-state index < -0.39 is 17.9 Å². The number of amides is 3. The van der Waals surface area contributed by atoms with Gasteiger partial charge in [-0.1, -0.05) is 19.1 Å². The molecule has 7 heteroatoms. The summed E-state index contributed by atoms with van der Waals surface area (Å²) in [4.78, 5) is 40.4. The van der Waals surface area contributed by atoms with Gasteiger partial charge < -0.3 is 20.6 Å². The first-order valence-electron chi connectivity index (χ1n) is 9.98. The lowest BCUT2D eigenvalue weighted by Crippen LogP contribution is -2.49. The Hall–Kier alpha value is -1.89. The van der Waals surface area contributed by atoms with E-state index in [1.165, 1.54) is 0 Å². The van der Waals surface area contributed by atoms with Crippen LogP contribution in [0.5, 0.6) is 0 Å². The number of aliphatic hydroxyl groups is 1. The molecule has 1 heterocycles. The molecule has 0 aromatic heterocycles. The molecule has 1 saturated heterocycles. The largest absolute Gasteiger partial charge is 0.396 e. The second kappa shape index (κ2) is 9.35. The Balaban J connectivity index is 2.39. The van der Waals surface area contributed by atoms with Crippen LogP contribution in [0.1, 0.15) is 40.0 Å². The van der Waals surface area contributed by atoms with E-state index in [1.807, 2.05) is 32.9 Å². The molecule has 152 valence electrons. The molecule has 7 nitrogen and oxygen atoms in total. The lowest BCUT2D eigenvalue weighted by Gasteiger charge is -2.33. The van der Waals surface area contributed by atoms with E-state index in [0.717, 1.165) is 6.42 Å². The number of unbranched alkanes of at least 4 members (excludes halogenated alkanes) is 1. The zero-order valence-electron chi connectivity index (χ0n) is 16.8. The summed E-state index contributed by atoms with van der Waals surface area (Å²) in [6, 6.07) is -0.638. The van der Waals surface area contributed by atoms with Crippen molar-refractivity contribution >= 4 is 17.7 Å². The van der Waals surface area contributed by atoms with E-state index in [-0.39, 0.29) is 42.2 Å². The maximum Gasteiger partial charge on any atom is 0.243 e. The molecule has 0 aromatic carbocycles. The van der Waals surface area contributed by atoms with Crippen molar-refractivity contribution in [2.24, 2.45) is 23.7 Å². The quantitative estimate of drug-likeness (QED) is 0.427. The van der Waals surface area contributed by atoms with E-state index in [2.05, 4.69) is 10.6 Å². The molecule has 0 unspecified atom stereocenters. The fourth-order valence-corrected chi connectivity index (χ4v) is 4.42. The minimum atomic E-state index is -0.607. The summed E-state index contributed by atoms with van der Waals surface area (Å²) in [5.74, 6) is -1.74. The Morgan fingerprint density at radius 2 is 1.93 bits per heavy atom. The lowest BCUT2D eigenvalue weighted by molar-refractivity contribution is -0.140. The van der Waals surface area contributed by atoms with Crippen molar-refractivity contribution in [3.8, 4) is 0 Å². The predicted molar refractivity (Wildman–Crippen MR) is 103 cm³/mol. The summed E-state index contributed by atoms with van der Waals surface area (Å²) in [6.07, 6.45) is 5.93. The summed E-state index contributed by atoms with van der Waals surface area (Å²) < 4.78 is 0. The van der Waals surface area contributed by atoms with Crippen LogP contribution < -0.4 is 10.6 Å². The van der Waals surface area contributed by atoms with Gasteiger partial charge in [-0.25, -0.2) is 0 Å². The molecule has 1 aliphatic heterocycles. The highest BCUT2D eigenvalue weighted by Gasteiger charge is 2.56. The van der Waals surface area contributed by atoms with Crippen LogP contribution in [0.15, 0.2) is 12.2 Å². The molecule has 0 spiro atoms. The first-order chi connectivity index (χ1) is 12.9. The number of hydrogen-bond acceptors (Lipinski definition) is 4. The number of nitrogens with zero attached hydrogens (tertiary/aromatic N) is 1. The Morgan fingerprint density at radius 3 is 2.48 bits per heavy atom. The topological polar surface area (TPSA) is 98.7 Å². The molecule has 1 fully saturated rings. The average Bonchev–Trinajstić information content (AvgIpc) is 2.92. The molecular formula is C20H33N3O4. The van der Waals surface area contributed by atoms with E-state index in [0.29, 0.717) is 19.4 Å². The average molecular weight is 380 g/mol. The van der Waals surface area contributed by atoms with Crippen molar-refractivity contribution in [2.45, 2.75) is 52.1 Å². The predicted octanol–water partition coefficient (Wildman–Crippen LogP) is 0.685.